The summed E-state index contributed by atoms with van der Waals surface area (Å²) in [4.78, 5) is 11.9. The summed E-state index contributed by atoms with van der Waals surface area (Å²) in [5.41, 5.74) is 1.21. The van der Waals surface area contributed by atoms with Crippen LogP contribution < -0.4 is 10.6 Å². The van der Waals surface area contributed by atoms with Gasteiger partial charge >= 0.3 is 6.09 Å². The van der Waals surface area contributed by atoms with Gasteiger partial charge in [0.25, 0.3) is 0 Å². The Kier molecular flexibility index (Phi) is 5.63. The third-order valence-electron chi connectivity index (χ3n) is 4.01. The predicted molar refractivity (Wildman–Crippen MR) is 88.8 cm³/mol. The zero-order valence-electron chi connectivity index (χ0n) is 14.4. The lowest BCUT2D eigenvalue weighted by atomic mass is 10.1. The fraction of sp³-hybridized carbons (Fsp3) is 0.611. The maximum Gasteiger partial charge on any atom is 0.407 e. The van der Waals surface area contributed by atoms with E-state index in [4.69, 9.17) is 4.74 Å². The summed E-state index contributed by atoms with van der Waals surface area (Å²) in [6, 6.07) is 5.44. The van der Waals surface area contributed by atoms with Crippen molar-refractivity contribution in [2.75, 3.05) is 0 Å². The Labute approximate surface area is 137 Å². The second-order valence-corrected chi connectivity index (χ2v) is 7.25. The van der Waals surface area contributed by atoms with E-state index in [1.807, 2.05) is 26.8 Å². The molecule has 5 heteroatoms. The molecule has 1 aromatic carbocycles. The highest BCUT2D eigenvalue weighted by atomic mass is 19.1. The van der Waals surface area contributed by atoms with E-state index in [1.165, 1.54) is 6.07 Å². The van der Waals surface area contributed by atoms with Crippen LogP contribution in [0.15, 0.2) is 18.2 Å². The van der Waals surface area contributed by atoms with Gasteiger partial charge in [0.2, 0.25) is 0 Å². The summed E-state index contributed by atoms with van der Waals surface area (Å²) in [5.74, 6) is -0.181. The van der Waals surface area contributed by atoms with Crippen LogP contribution in [-0.2, 0) is 11.3 Å². The van der Waals surface area contributed by atoms with Gasteiger partial charge in [0, 0.05) is 18.6 Å². The molecule has 0 bridgehead atoms. The molecule has 1 saturated carbocycles. The molecule has 2 unspecified atom stereocenters. The van der Waals surface area contributed by atoms with Gasteiger partial charge in [-0.2, -0.15) is 0 Å². The van der Waals surface area contributed by atoms with Gasteiger partial charge in [-0.05, 0) is 64.2 Å². The molecule has 1 aliphatic carbocycles. The Hall–Kier alpha value is -1.62. The van der Waals surface area contributed by atoms with E-state index in [-0.39, 0.29) is 24.0 Å². The molecule has 0 spiro atoms. The van der Waals surface area contributed by atoms with Crippen LogP contribution in [0.25, 0.3) is 0 Å². The van der Waals surface area contributed by atoms with E-state index in [9.17, 15) is 9.18 Å². The van der Waals surface area contributed by atoms with Crippen molar-refractivity contribution in [1.82, 2.24) is 10.6 Å². The summed E-state index contributed by atoms with van der Waals surface area (Å²) in [5, 5.41) is 6.43. The van der Waals surface area contributed by atoms with Crippen LogP contribution >= 0.6 is 0 Å². The Morgan fingerprint density at radius 2 is 2.00 bits per heavy atom. The van der Waals surface area contributed by atoms with Crippen molar-refractivity contribution in [3.8, 4) is 0 Å². The predicted octanol–water partition coefficient (Wildman–Crippen LogP) is 3.67. The van der Waals surface area contributed by atoms with E-state index in [0.717, 1.165) is 24.8 Å². The summed E-state index contributed by atoms with van der Waals surface area (Å²) in [6.45, 7) is 8.00. The van der Waals surface area contributed by atoms with Gasteiger partial charge in [0.05, 0.1) is 0 Å². The zero-order valence-corrected chi connectivity index (χ0v) is 14.4. The molecule has 0 heterocycles. The molecule has 1 aliphatic rings. The first-order chi connectivity index (χ1) is 10.7. The number of alkyl carbamates (subject to hydrolysis) is 1. The SMILES string of the molecule is Cc1cc(CNC2CCCC2NC(=O)OC(C)(C)C)ccc1F. The molecule has 2 N–H and O–H groups in total. The van der Waals surface area contributed by atoms with Gasteiger partial charge in [-0.25, -0.2) is 9.18 Å². The van der Waals surface area contributed by atoms with Gasteiger partial charge < -0.3 is 15.4 Å². The fourth-order valence-electron chi connectivity index (χ4n) is 2.90. The summed E-state index contributed by atoms with van der Waals surface area (Å²) < 4.78 is 18.6. The van der Waals surface area contributed by atoms with Gasteiger partial charge in [0.1, 0.15) is 11.4 Å². The normalized spacial score (nSPS) is 21.3. The molecule has 0 saturated heterocycles. The van der Waals surface area contributed by atoms with Crippen molar-refractivity contribution in [1.29, 1.82) is 0 Å². The maximum absolute atomic E-state index is 13.3. The van der Waals surface area contributed by atoms with E-state index in [2.05, 4.69) is 10.6 Å². The molecule has 1 aromatic rings. The first-order valence-electron chi connectivity index (χ1n) is 8.22. The molecule has 23 heavy (non-hydrogen) atoms. The second-order valence-electron chi connectivity index (χ2n) is 7.25. The number of benzene rings is 1. The second kappa shape index (κ2) is 7.30. The van der Waals surface area contributed by atoms with Crippen LogP contribution in [-0.4, -0.2) is 23.8 Å². The molecule has 2 atom stereocenters. The maximum atomic E-state index is 13.3. The third-order valence-corrected chi connectivity index (χ3v) is 4.01. The first-order valence-corrected chi connectivity index (χ1v) is 8.22. The molecule has 0 aliphatic heterocycles. The Bertz CT molecular complexity index is 554. The lowest BCUT2D eigenvalue weighted by molar-refractivity contribution is 0.0498. The van der Waals surface area contributed by atoms with Crippen LogP contribution in [0.1, 0.15) is 51.2 Å². The highest BCUT2D eigenvalue weighted by Gasteiger charge is 2.29. The molecule has 4 nitrogen and oxygen atoms in total. The van der Waals surface area contributed by atoms with E-state index >= 15 is 0 Å². The minimum absolute atomic E-state index is 0.0754. The van der Waals surface area contributed by atoms with Gasteiger partial charge in [0.15, 0.2) is 0 Å². The number of amides is 1. The molecular weight excluding hydrogens is 295 g/mol. The van der Waals surface area contributed by atoms with E-state index in [1.54, 1.807) is 13.0 Å². The standard InChI is InChI=1S/C18H27FN2O2/c1-12-10-13(8-9-14(12)19)11-20-15-6-5-7-16(15)21-17(22)23-18(2,3)4/h8-10,15-16,20H,5-7,11H2,1-4H3,(H,21,22). The quantitative estimate of drug-likeness (QED) is 0.889. The van der Waals surface area contributed by atoms with Crippen molar-refractivity contribution in [3.05, 3.63) is 35.1 Å². The number of halogens is 1. The molecule has 1 amide bonds. The Morgan fingerprint density at radius 1 is 1.30 bits per heavy atom. The monoisotopic (exact) mass is 322 g/mol. The number of ether oxygens (including phenoxy) is 1. The molecule has 0 aromatic heterocycles. The highest BCUT2D eigenvalue weighted by molar-refractivity contribution is 5.68. The van der Waals surface area contributed by atoms with Crippen LogP contribution in [0.5, 0.6) is 0 Å². The van der Waals surface area contributed by atoms with Crippen LogP contribution in [0.2, 0.25) is 0 Å². The lowest BCUT2D eigenvalue weighted by Gasteiger charge is -2.25. The van der Waals surface area contributed by atoms with Gasteiger partial charge in [-0.15, -0.1) is 0 Å². The summed E-state index contributed by atoms with van der Waals surface area (Å²) in [6.07, 6.45) is 2.66. The van der Waals surface area contributed by atoms with Crippen molar-refractivity contribution in [2.24, 2.45) is 0 Å². The Morgan fingerprint density at radius 3 is 2.65 bits per heavy atom. The number of aryl methyl sites for hydroxylation is 1. The molecule has 1 fully saturated rings. The number of nitrogens with one attached hydrogen (secondary N) is 2. The zero-order chi connectivity index (χ0) is 17.0. The van der Waals surface area contributed by atoms with Gasteiger partial charge in [-0.1, -0.05) is 12.1 Å². The summed E-state index contributed by atoms with van der Waals surface area (Å²) >= 11 is 0. The first kappa shape index (κ1) is 17.7. The minimum atomic E-state index is -0.489. The number of hydrogen-bond donors (Lipinski definition) is 2. The van der Waals surface area contributed by atoms with Crippen LogP contribution in [0, 0.1) is 12.7 Å². The smallest absolute Gasteiger partial charge is 0.407 e. The van der Waals surface area contributed by atoms with Crippen molar-refractivity contribution >= 4 is 6.09 Å². The molecule has 0 radical (unpaired) electrons. The van der Waals surface area contributed by atoms with Crippen LogP contribution in [0.3, 0.4) is 0 Å². The van der Waals surface area contributed by atoms with E-state index < -0.39 is 5.60 Å². The average molecular weight is 322 g/mol. The molecule has 128 valence electrons. The number of carbonyl (C=O) groups is 1. The Balaban J connectivity index is 1.86. The molecular formula is C18H27FN2O2. The van der Waals surface area contributed by atoms with E-state index in [0.29, 0.717) is 12.1 Å². The average Bonchev–Trinajstić information content (AvgIpc) is 2.85. The van der Waals surface area contributed by atoms with Crippen LogP contribution in [0.4, 0.5) is 9.18 Å². The van der Waals surface area contributed by atoms with Crippen molar-refractivity contribution in [3.63, 3.8) is 0 Å². The fourth-order valence-corrected chi connectivity index (χ4v) is 2.90. The highest BCUT2D eigenvalue weighted by Crippen LogP contribution is 2.20. The lowest BCUT2D eigenvalue weighted by Crippen LogP contribution is -2.47. The summed E-state index contributed by atoms with van der Waals surface area (Å²) in [7, 11) is 0. The largest absolute Gasteiger partial charge is 0.444 e. The molecule has 2 rings (SSSR count). The third kappa shape index (κ3) is 5.50. The van der Waals surface area contributed by atoms with Gasteiger partial charge in [-0.3, -0.25) is 0 Å². The number of rotatable bonds is 4. The van der Waals surface area contributed by atoms with Crippen molar-refractivity contribution < 1.29 is 13.9 Å². The number of carbonyl (C=O) groups excluding carboxylic acids is 1. The van der Waals surface area contributed by atoms with Crippen molar-refractivity contribution in [2.45, 2.75) is 71.2 Å². The topological polar surface area (TPSA) is 50.4 Å². The number of hydrogen-bond acceptors (Lipinski definition) is 3. The minimum Gasteiger partial charge on any atom is -0.444 e.